The Balaban J connectivity index is 1.59. The second-order valence-corrected chi connectivity index (χ2v) is 6.54. The highest BCUT2D eigenvalue weighted by molar-refractivity contribution is 7.80. The van der Waals surface area contributed by atoms with E-state index < -0.39 is 0 Å². The summed E-state index contributed by atoms with van der Waals surface area (Å²) in [4.78, 5) is 20.5. The van der Waals surface area contributed by atoms with Crippen LogP contribution in [0, 0.1) is 6.92 Å². The van der Waals surface area contributed by atoms with Gasteiger partial charge in [-0.25, -0.2) is 0 Å². The molecule has 1 heterocycles. The van der Waals surface area contributed by atoms with E-state index in [0.29, 0.717) is 28.8 Å². The first-order chi connectivity index (χ1) is 14.5. The van der Waals surface area contributed by atoms with Crippen LogP contribution in [0.2, 0.25) is 0 Å². The van der Waals surface area contributed by atoms with Gasteiger partial charge in [0.25, 0.3) is 5.91 Å². The maximum atomic E-state index is 12.2. The highest BCUT2D eigenvalue weighted by atomic mass is 32.1. The van der Waals surface area contributed by atoms with Gasteiger partial charge in [0, 0.05) is 11.3 Å². The summed E-state index contributed by atoms with van der Waals surface area (Å²) in [5.41, 5.74) is 2.29. The highest BCUT2D eigenvalue weighted by Gasteiger charge is 2.09. The molecule has 0 bridgehead atoms. The first-order valence-electron chi connectivity index (χ1n) is 8.91. The molecule has 0 aliphatic rings. The normalized spacial score (nSPS) is 10.1. The Kier molecular flexibility index (Phi) is 6.76. The number of aryl methyl sites for hydroxylation is 1. The molecule has 1 amide bonds. The van der Waals surface area contributed by atoms with Crippen molar-refractivity contribution in [1.82, 2.24) is 15.3 Å². The van der Waals surface area contributed by atoms with E-state index >= 15 is 0 Å². The number of anilines is 1. The Bertz CT molecular complexity index is 1020. The molecule has 3 rings (SSSR count). The number of benzene rings is 2. The van der Waals surface area contributed by atoms with E-state index in [1.165, 1.54) is 14.2 Å². The number of nitrogens with one attached hydrogen (secondary N) is 2. The summed E-state index contributed by atoms with van der Waals surface area (Å²) in [7, 11) is 2.99. The van der Waals surface area contributed by atoms with Gasteiger partial charge in [-0.2, -0.15) is 9.97 Å². The second kappa shape index (κ2) is 9.66. The molecule has 0 fully saturated rings. The van der Waals surface area contributed by atoms with Crippen molar-refractivity contribution in [1.29, 1.82) is 0 Å². The Morgan fingerprint density at radius 2 is 1.53 bits per heavy atom. The van der Waals surface area contributed by atoms with Crippen molar-refractivity contribution < 1.29 is 19.0 Å². The summed E-state index contributed by atoms with van der Waals surface area (Å²) in [6.07, 6.45) is 0. The lowest BCUT2D eigenvalue weighted by molar-refractivity contribution is 0.0977. The number of hydrogen-bond donors (Lipinski definition) is 2. The summed E-state index contributed by atoms with van der Waals surface area (Å²) in [5.74, 6) is 0.872. The fraction of sp³-hybridized carbons (Fsp3) is 0.143. The molecule has 2 N–H and O–H groups in total. The fourth-order valence-electron chi connectivity index (χ4n) is 2.39. The maximum Gasteiger partial charge on any atom is 0.328 e. The standard InChI is InChI=1S/C21H20N4O4S/c1-13-4-6-14(7-5-13)19(26)25-21(30)22-15-8-10-16(11-9-15)29-20-23-17(27-2)12-18(24-20)28-3/h4-12H,1-3H3,(H2,22,25,26,30). The van der Waals surface area contributed by atoms with Crippen LogP contribution in [0.3, 0.4) is 0 Å². The summed E-state index contributed by atoms with van der Waals surface area (Å²) in [6, 6.07) is 15.8. The molecule has 1 aromatic heterocycles. The third-order valence-corrected chi connectivity index (χ3v) is 4.14. The average molecular weight is 424 g/mol. The van der Waals surface area contributed by atoms with E-state index in [2.05, 4.69) is 20.6 Å². The van der Waals surface area contributed by atoms with Gasteiger partial charge in [0.05, 0.1) is 20.3 Å². The third kappa shape index (κ3) is 5.65. The van der Waals surface area contributed by atoms with Gasteiger partial charge in [-0.05, 0) is 55.5 Å². The topological polar surface area (TPSA) is 94.6 Å². The summed E-state index contributed by atoms with van der Waals surface area (Å²) in [5, 5.41) is 5.79. The maximum absolute atomic E-state index is 12.2. The molecule has 0 aliphatic carbocycles. The van der Waals surface area contributed by atoms with Gasteiger partial charge in [-0.1, -0.05) is 17.7 Å². The van der Waals surface area contributed by atoms with Gasteiger partial charge in [-0.3, -0.25) is 10.1 Å². The highest BCUT2D eigenvalue weighted by Crippen LogP contribution is 2.24. The molecule has 0 radical (unpaired) electrons. The average Bonchev–Trinajstić information content (AvgIpc) is 2.75. The van der Waals surface area contributed by atoms with Crippen LogP contribution in [-0.4, -0.2) is 35.2 Å². The minimum Gasteiger partial charge on any atom is -0.481 e. The van der Waals surface area contributed by atoms with Crippen molar-refractivity contribution in [2.45, 2.75) is 6.92 Å². The third-order valence-electron chi connectivity index (χ3n) is 3.94. The van der Waals surface area contributed by atoms with Crippen LogP contribution in [-0.2, 0) is 0 Å². The van der Waals surface area contributed by atoms with Crippen LogP contribution in [0.25, 0.3) is 0 Å². The molecule has 0 spiro atoms. The molecular formula is C21H20N4O4S. The smallest absolute Gasteiger partial charge is 0.328 e. The van der Waals surface area contributed by atoms with Gasteiger partial charge in [0.2, 0.25) is 11.8 Å². The van der Waals surface area contributed by atoms with Crippen molar-refractivity contribution >= 4 is 28.9 Å². The SMILES string of the molecule is COc1cc(OC)nc(Oc2ccc(NC(=S)NC(=O)c3ccc(C)cc3)cc2)n1. The lowest BCUT2D eigenvalue weighted by Gasteiger charge is -2.11. The van der Waals surface area contributed by atoms with Crippen LogP contribution >= 0.6 is 12.2 Å². The Labute approximate surface area is 179 Å². The zero-order valence-electron chi connectivity index (χ0n) is 16.6. The molecule has 3 aromatic rings. The summed E-state index contributed by atoms with van der Waals surface area (Å²) >= 11 is 5.21. The van der Waals surface area contributed by atoms with Crippen molar-refractivity contribution in [2.75, 3.05) is 19.5 Å². The Morgan fingerprint density at radius 1 is 0.933 bits per heavy atom. The number of amides is 1. The van der Waals surface area contributed by atoms with E-state index in [9.17, 15) is 4.79 Å². The Morgan fingerprint density at radius 3 is 2.10 bits per heavy atom. The number of ether oxygens (including phenoxy) is 3. The monoisotopic (exact) mass is 424 g/mol. The molecule has 0 saturated heterocycles. The first-order valence-corrected chi connectivity index (χ1v) is 9.31. The number of nitrogens with zero attached hydrogens (tertiary/aromatic N) is 2. The van der Waals surface area contributed by atoms with Crippen molar-refractivity contribution in [2.24, 2.45) is 0 Å². The van der Waals surface area contributed by atoms with Crippen LogP contribution in [0.4, 0.5) is 5.69 Å². The minimum absolute atomic E-state index is 0.0905. The van der Waals surface area contributed by atoms with Gasteiger partial charge in [0.1, 0.15) is 5.75 Å². The molecule has 30 heavy (non-hydrogen) atoms. The number of rotatable bonds is 6. The van der Waals surface area contributed by atoms with E-state index in [1.54, 1.807) is 42.5 Å². The van der Waals surface area contributed by atoms with Crippen LogP contribution in [0.5, 0.6) is 23.5 Å². The van der Waals surface area contributed by atoms with Gasteiger partial charge in [-0.15, -0.1) is 0 Å². The number of methoxy groups -OCH3 is 2. The van der Waals surface area contributed by atoms with Crippen LogP contribution < -0.4 is 24.8 Å². The lowest BCUT2D eigenvalue weighted by Crippen LogP contribution is -2.34. The molecule has 8 nitrogen and oxygen atoms in total. The van der Waals surface area contributed by atoms with Crippen molar-refractivity contribution in [3.05, 3.63) is 65.7 Å². The number of carbonyl (C=O) groups excluding carboxylic acids is 1. The number of thiocarbonyl (C=S) groups is 1. The lowest BCUT2D eigenvalue weighted by atomic mass is 10.1. The number of carbonyl (C=O) groups is 1. The van der Waals surface area contributed by atoms with Crippen LogP contribution in [0.1, 0.15) is 15.9 Å². The molecule has 0 atom stereocenters. The van der Waals surface area contributed by atoms with Gasteiger partial charge < -0.3 is 19.5 Å². The van der Waals surface area contributed by atoms with Crippen molar-refractivity contribution in [3.8, 4) is 23.5 Å². The van der Waals surface area contributed by atoms with Crippen molar-refractivity contribution in [3.63, 3.8) is 0 Å². The minimum atomic E-state index is -0.281. The molecule has 0 unspecified atom stereocenters. The first kappa shape index (κ1) is 21.0. The Hall–Kier alpha value is -3.72. The molecule has 9 heteroatoms. The molecule has 154 valence electrons. The van der Waals surface area contributed by atoms with E-state index in [1.807, 2.05) is 19.1 Å². The largest absolute Gasteiger partial charge is 0.481 e. The van der Waals surface area contributed by atoms with E-state index in [-0.39, 0.29) is 17.0 Å². The predicted molar refractivity (Wildman–Crippen MR) is 117 cm³/mol. The van der Waals surface area contributed by atoms with E-state index in [4.69, 9.17) is 26.4 Å². The van der Waals surface area contributed by atoms with Gasteiger partial charge >= 0.3 is 6.01 Å². The second-order valence-electron chi connectivity index (χ2n) is 6.14. The molecule has 2 aromatic carbocycles. The molecule has 0 aliphatic heterocycles. The fourth-order valence-corrected chi connectivity index (χ4v) is 2.60. The molecule has 0 saturated carbocycles. The van der Waals surface area contributed by atoms with Gasteiger partial charge in [0.15, 0.2) is 5.11 Å². The number of aromatic nitrogens is 2. The summed E-state index contributed by atoms with van der Waals surface area (Å²) < 4.78 is 15.8. The quantitative estimate of drug-likeness (QED) is 0.578. The number of hydrogen-bond acceptors (Lipinski definition) is 7. The van der Waals surface area contributed by atoms with E-state index in [0.717, 1.165) is 5.56 Å². The zero-order chi connectivity index (χ0) is 21.5. The zero-order valence-corrected chi connectivity index (χ0v) is 17.4. The summed E-state index contributed by atoms with van der Waals surface area (Å²) in [6.45, 7) is 1.96. The predicted octanol–water partition coefficient (Wildman–Crippen LogP) is 3.72. The molecular weight excluding hydrogens is 404 g/mol. The van der Waals surface area contributed by atoms with Crippen LogP contribution in [0.15, 0.2) is 54.6 Å².